The van der Waals surface area contributed by atoms with E-state index in [1.54, 1.807) is 0 Å². The van der Waals surface area contributed by atoms with Gasteiger partial charge in [-0.3, -0.25) is 14.9 Å². The van der Waals surface area contributed by atoms with Crippen LogP contribution in [0.25, 0.3) is 0 Å². The zero-order chi connectivity index (χ0) is 12.8. The molecule has 0 atom stereocenters. The molecule has 92 valence electrons. The average Bonchev–Trinajstić information content (AvgIpc) is 2.73. The normalized spacial score (nSPS) is 9.76. The van der Waals surface area contributed by atoms with E-state index in [0.29, 0.717) is 11.4 Å². The fourth-order valence-corrected chi connectivity index (χ4v) is 1.62. The van der Waals surface area contributed by atoms with E-state index < -0.39 is 11.7 Å². The minimum absolute atomic E-state index is 0.161. The summed E-state index contributed by atoms with van der Waals surface area (Å²) in [5.41, 5.74) is 0. The first-order valence-corrected chi connectivity index (χ1v) is 5.39. The number of rotatable bonds is 5. The summed E-state index contributed by atoms with van der Waals surface area (Å²) in [6.07, 6.45) is 0.533. The maximum atomic E-state index is 12.4. The van der Waals surface area contributed by atoms with Gasteiger partial charge in [-0.15, -0.1) is 10.2 Å². The molecule has 0 aliphatic heterocycles. The summed E-state index contributed by atoms with van der Waals surface area (Å²) >= 11 is 1.06. The van der Waals surface area contributed by atoms with Crippen molar-refractivity contribution in [3.8, 4) is 0 Å². The van der Waals surface area contributed by atoms with Crippen molar-refractivity contribution in [1.82, 2.24) is 10.2 Å². The largest absolute Gasteiger partial charge is 0.469 e. The minimum Gasteiger partial charge on any atom is -0.469 e. The molecule has 0 bridgehead atoms. The van der Waals surface area contributed by atoms with Crippen LogP contribution in [-0.2, 0) is 20.7 Å². The van der Waals surface area contributed by atoms with Crippen LogP contribution in [0.1, 0.15) is 11.4 Å². The lowest BCUT2D eigenvalue weighted by Gasteiger charge is -1.95. The highest BCUT2D eigenvalue weighted by Crippen LogP contribution is 2.17. The molecule has 1 N–H and O–H groups in total. The molecule has 0 radical (unpaired) electrons. The van der Waals surface area contributed by atoms with Crippen LogP contribution in [0.5, 0.6) is 0 Å². The Bertz CT molecular complexity index is 446. The van der Waals surface area contributed by atoms with Crippen molar-refractivity contribution in [3.63, 3.8) is 0 Å². The molecule has 8 heteroatoms. The zero-order valence-electron chi connectivity index (χ0n) is 9.03. The fraction of sp³-hybridized carbons (Fsp3) is 0.333. The predicted molar refractivity (Wildman–Crippen MR) is 59.1 cm³/mol. The SMILES string of the molecule is C=C(F)C(=O)Nc1nnc(CCC(=O)OC)s1. The number of halogens is 1. The summed E-state index contributed by atoms with van der Waals surface area (Å²) in [6.45, 7) is 2.85. The summed E-state index contributed by atoms with van der Waals surface area (Å²) in [6, 6.07) is 0. The summed E-state index contributed by atoms with van der Waals surface area (Å²) in [5, 5.41) is 10.2. The molecule has 17 heavy (non-hydrogen) atoms. The number of anilines is 1. The minimum atomic E-state index is -1.10. The maximum Gasteiger partial charge on any atom is 0.305 e. The first-order valence-electron chi connectivity index (χ1n) is 4.58. The van der Waals surface area contributed by atoms with Gasteiger partial charge in [-0.25, -0.2) is 4.39 Å². The van der Waals surface area contributed by atoms with Crippen molar-refractivity contribution < 1.29 is 18.7 Å². The smallest absolute Gasteiger partial charge is 0.305 e. The number of ether oxygens (including phenoxy) is 1. The lowest BCUT2D eigenvalue weighted by Crippen LogP contribution is -2.10. The summed E-state index contributed by atoms with van der Waals surface area (Å²) < 4.78 is 16.8. The molecule has 0 aliphatic carbocycles. The van der Waals surface area contributed by atoms with E-state index >= 15 is 0 Å². The molecule has 0 saturated heterocycles. The molecular formula is C9H10FN3O3S. The standard InChI is InChI=1S/C9H10FN3O3S/c1-5(10)8(15)11-9-13-12-6(17-9)3-4-7(14)16-2/h1,3-4H2,2H3,(H,11,13,15). The Hall–Kier alpha value is -1.83. The van der Waals surface area contributed by atoms with Crippen LogP contribution in [0, 0.1) is 0 Å². The predicted octanol–water partition coefficient (Wildman–Crippen LogP) is 1.07. The average molecular weight is 259 g/mol. The molecule has 1 rings (SSSR count). The van der Waals surface area contributed by atoms with Crippen LogP contribution in [-0.4, -0.2) is 29.2 Å². The van der Waals surface area contributed by atoms with Gasteiger partial charge in [0.05, 0.1) is 13.5 Å². The quantitative estimate of drug-likeness (QED) is 0.631. The Labute approximate surface area is 100 Å². The number of esters is 1. The Morgan fingerprint density at radius 3 is 2.82 bits per heavy atom. The van der Waals surface area contributed by atoms with Gasteiger partial charge in [0.15, 0.2) is 5.83 Å². The van der Waals surface area contributed by atoms with Gasteiger partial charge >= 0.3 is 5.97 Å². The molecule has 0 aliphatic rings. The third-order valence-corrected chi connectivity index (χ3v) is 2.60. The van der Waals surface area contributed by atoms with Crippen molar-refractivity contribution in [2.45, 2.75) is 12.8 Å². The van der Waals surface area contributed by atoms with Gasteiger partial charge in [0.2, 0.25) is 5.13 Å². The third-order valence-electron chi connectivity index (χ3n) is 1.70. The van der Waals surface area contributed by atoms with Gasteiger partial charge < -0.3 is 4.74 Å². The van der Waals surface area contributed by atoms with Crippen LogP contribution >= 0.6 is 11.3 Å². The second-order valence-electron chi connectivity index (χ2n) is 2.94. The summed E-state index contributed by atoms with van der Waals surface area (Å²) in [7, 11) is 1.29. The van der Waals surface area contributed by atoms with E-state index in [0.717, 1.165) is 11.3 Å². The molecule has 0 spiro atoms. The zero-order valence-corrected chi connectivity index (χ0v) is 9.84. The van der Waals surface area contributed by atoms with Crippen LogP contribution in [0.3, 0.4) is 0 Å². The molecular weight excluding hydrogens is 249 g/mol. The number of nitrogens with zero attached hydrogens (tertiary/aromatic N) is 2. The molecule has 6 nitrogen and oxygen atoms in total. The number of nitrogens with one attached hydrogen (secondary N) is 1. The van der Waals surface area contributed by atoms with Crippen molar-refractivity contribution in [3.05, 3.63) is 17.4 Å². The lowest BCUT2D eigenvalue weighted by molar-refractivity contribution is -0.140. The van der Waals surface area contributed by atoms with E-state index in [-0.39, 0.29) is 17.5 Å². The summed E-state index contributed by atoms with van der Waals surface area (Å²) in [4.78, 5) is 21.8. The third kappa shape index (κ3) is 4.27. The van der Waals surface area contributed by atoms with Gasteiger partial charge in [-0.2, -0.15) is 0 Å². The van der Waals surface area contributed by atoms with Gasteiger partial charge in [0.25, 0.3) is 5.91 Å². The first kappa shape index (κ1) is 13.2. The molecule has 0 fully saturated rings. The summed E-state index contributed by atoms with van der Waals surface area (Å²) in [5.74, 6) is -2.42. The molecule has 0 saturated carbocycles. The number of amides is 1. The van der Waals surface area contributed by atoms with Crippen molar-refractivity contribution in [2.24, 2.45) is 0 Å². The fourth-order valence-electron chi connectivity index (χ4n) is 0.881. The molecule has 0 unspecified atom stereocenters. The second kappa shape index (κ2) is 6.04. The van der Waals surface area contributed by atoms with Gasteiger partial charge in [-0.1, -0.05) is 17.9 Å². The van der Waals surface area contributed by atoms with Crippen LogP contribution in [0.15, 0.2) is 12.4 Å². The molecule has 1 aromatic rings. The molecule has 1 aromatic heterocycles. The van der Waals surface area contributed by atoms with E-state index in [1.165, 1.54) is 7.11 Å². The highest BCUT2D eigenvalue weighted by Gasteiger charge is 2.11. The number of hydrogen-bond acceptors (Lipinski definition) is 6. The lowest BCUT2D eigenvalue weighted by atomic mass is 10.3. The van der Waals surface area contributed by atoms with Crippen LogP contribution < -0.4 is 5.32 Å². The topological polar surface area (TPSA) is 81.2 Å². The van der Waals surface area contributed by atoms with Crippen LogP contribution in [0.4, 0.5) is 9.52 Å². The van der Waals surface area contributed by atoms with Crippen molar-refractivity contribution in [1.29, 1.82) is 0 Å². The van der Waals surface area contributed by atoms with E-state index in [9.17, 15) is 14.0 Å². The van der Waals surface area contributed by atoms with Gasteiger partial charge in [-0.05, 0) is 0 Å². The molecule has 1 amide bonds. The monoisotopic (exact) mass is 259 g/mol. The number of carbonyl (C=O) groups excluding carboxylic acids is 2. The second-order valence-corrected chi connectivity index (χ2v) is 4.00. The Morgan fingerprint density at radius 2 is 2.24 bits per heavy atom. The highest BCUT2D eigenvalue weighted by atomic mass is 32.1. The number of methoxy groups -OCH3 is 1. The Kier molecular flexibility index (Phi) is 4.70. The maximum absolute atomic E-state index is 12.4. The Balaban J connectivity index is 2.51. The van der Waals surface area contributed by atoms with Crippen molar-refractivity contribution >= 4 is 28.3 Å². The van der Waals surface area contributed by atoms with Gasteiger partial charge in [0.1, 0.15) is 5.01 Å². The number of carbonyl (C=O) groups is 2. The van der Waals surface area contributed by atoms with Crippen molar-refractivity contribution in [2.75, 3.05) is 12.4 Å². The molecule has 0 aromatic carbocycles. The van der Waals surface area contributed by atoms with E-state index in [4.69, 9.17) is 0 Å². The Morgan fingerprint density at radius 1 is 1.53 bits per heavy atom. The van der Waals surface area contributed by atoms with E-state index in [1.807, 2.05) is 0 Å². The number of hydrogen-bond donors (Lipinski definition) is 1. The number of aromatic nitrogens is 2. The number of aryl methyl sites for hydroxylation is 1. The first-order chi connectivity index (χ1) is 8.02. The molecule has 1 heterocycles. The highest BCUT2D eigenvalue weighted by molar-refractivity contribution is 7.15. The van der Waals surface area contributed by atoms with Gasteiger partial charge in [0, 0.05) is 6.42 Å². The van der Waals surface area contributed by atoms with E-state index in [2.05, 4.69) is 26.8 Å². The van der Waals surface area contributed by atoms with Crippen LogP contribution in [0.2, 0.25) is 0 Å².